The summed E-state index contributed by atoms with van der Waals surface area (Å²) < 4.78 is 4.67. The van der Waals surface area contributed by atoms with Gasteiger partial charge >= 0.3 is 5.97 Å². The summed E-state index contributed by atoms with van der Waals surface area (Å²) in [6.07, 6.45) is 18.6. The zero-order chi connectivity index (χ0) is 17.9. The Morgan fingerprint density at radius 1 is 0.958 bits per heavy atom. The Kier molecular flexibility index (Phi) is 16.6. The van der Waals surface area contributed by atoms with Crippen LogP contribution in [0.15, 0.2) is 24.8 Å². The van der Waals surface area contributed by atoms with Crippen LogP contribution in [0.1, 0.15) is 77.0 Å². The van der Waals surface area contributed by atoms with E-state index < -0.39 is 5.97 Å². The second-order valence-corrected chi connectivity index (χ2v) is 6.21. The van der Waals surface area contributed by atoms with E-state index in [-0.39, 0.29) is 0 Å². The number of carbonyl (C=O) groups excluding carboxylic acids is 1. The number of ether oxygens (including phenoxy) is 1. The molecule has 0 aromatic heterocycles. The second kappa shape index (κ2) is 17.8. The quantitative estimate of drug-likeness (QED) is 0.210. The fourth-order valence-electron chi connectivity index (χ4n) is 2.63. The zero-order valence-electron chi connectivity index (χ0n) is 15.0. The monoisotopic (exact) mass is 338 g/mol. The first-order valence-corrected chi connectivity index (χ1v) is 9.25. The molecule has 0 aliphatic heterocycles. The van der Waals surface area contributed by atoms with Crippen LogP contribution in [-0.4, -0.2) is 24.2 Å². The SMILES string of the molecule is C=CC(CCC=CCCCCCCC(=O)O)CCCCCOC=O. The summed E-state index contributed by atoms with van der Waals surface area (Å²) in [5.74, 6) is -0.126. The maximum atomic E-state index is 10.4. The van der Waals surface area contributed by atoms with Crippen molar-refractivity contribution in [2.75, 3.05) is 6.61 Å². The molecule has 0 radical (unpaired) electrons. The topological polar surface area (TPSA) is 63.6 Å². The molecule has 0 aromatic carbocycles. The van der Waals surface area contributed by atoms with E-state index in [2.05, 4.69) is 29.5 Å². The van der Waals surface area contributed by atoms with Gasteiger partial charge in [0.05, 0.1) is 6.61 Å². The van der Waals surface area contributed by atoms with Gasteiger partial charge in [-0.2, -0.15) is 0 Å². The van der Waals surface area contributed by atoms with Gasteiger partial charge in [-0.25, -0.2) is 0 Å². The molecule has 0 aliphatic carbocycles. The van der Waals surface area contributed by atoms with Crippen LogP contribution in [0.5, 0.6) is 0 Å². The molecule has 0 saturated heterocycles. The predicted molar refractivity (Wildman–Crippen MR) is 97.9 cm³/mol. The summed E-state index contributed by atoms with van der Waals surface area (Å²) in [5.41, 5.74) is 0. The molecular formula is C20H34O4. The molecule has 0 heterocycles. The van der Waals surface area contributed by atoms with Crippen molar-refractivity contribution in [3.05, 3.63) is 24.8 Å². The van der Waals surface area contributed by atoms with Gasteiger partial charge in [-0.1, -0.05) is 43.9 Å². The fourth-order valence-corrected chi connectivity index (χ4v) is 2.63. The van der Waals surface area contributed by atoms with E-state index in [0.29, 0.717) is 25.4 Å². The average molecular weight is 338 g/mol. The highest BCUT2D eigenvalue weighted by Gasteiger charge is 2.02. The molecule has 0 aromatic rings. The number of carboxylic acids is 1. The first-order chi connectivity index (χ1) is 11.7. The highest BCUT2D eigenvalue weighted by Crippen LogP contribution is 2.17. The van der Waals surface area contributed by atoms with Crippen LogP contribution >= 0.6 is 0 Å². The van der Waals surface area contributed by atoms with Gasteiger partial charge in [0.1, 0.15) is 0 Å². The van der Waals surface area contributed by atoms with Crippen LogP contribution in [-0.2, 0) is 14.3 Å². The Bertz CT molecular complexity index is 350. The van der Waals surface area contributed by atoms with E-state index in [1.54, 1.807) is 0 Å². The molecular weight excluding hydrogens is 304 g/mol. The van der Waals surface area contributed by atoms with Crippen LogP contribution in [0.2, 0.25) is 0 Å². The Morgan fingerprint density at radius 3 is 2.38 bits per heavy atom. The lowest BCUT2D eigenvalue weighted by molar-refractivity contribution is -0.137. The van der Waals surface area contributed by atoms with Gasteiger partial charge in [-0.3, -0.25) is 9.59 Å². The van der Waals surface area contributed by atoms with Gasteiger partial charge in [0.2, 0.25) is 0 Å². The molecule has 4 nitrogen and oxygen atoms in total. The molecule has 0 amide bonds. The highest BCUT2D eigenvalue weighted by molar-refractivity contribution is 5.66. The smallest absolute Gasteiger partial charge is 0.303 e. The third-order valence-electron chi connectivity index (χ3n) is 4.12. The molecule has 24 heavy (non-hydrogen) atoms. The number of unbranched alkanes of at least 4 members (excludes halogenated alkanes) is 6. The Hall–Kier alpha value is -1.58. The normalized spacial score (nSPS) is 12.2. The van der Waals surface area contributed by atoms with Crippen LogP contribution in [0.3, 0.4) is 0 Å². The van der Waals surface area contributed by atoms with Crippen molar-refractivity contribution in [3.63, 3.8) is 0 Å². The van der Waals surface area contributed by atoms with E-state index in [4.69, 9.17) is 5.11 Å². The molecule has 0 saturated carbocycles. The Morgan fingerprint density at radius 2 is 1.67 bits per heavy atom. The second-order valence-electron chi connectivity index (χ2n) is 6.21. The molecule has 138 valence electrons. The summed E-state index contributed by atoms with van der Waals surface area (Å²) in [4.78, 5) is 20.4. The number of aliphatic carboxylic acids is 1. The predicted octanol–water partition coefficient (Wildman–Crippen LogP) is 5.28. The van der Waals surface area contributed by atoms with E-state index in [9.17, 15) is 9.59 Å². The summed E-state index contributed by atoms with van der Waals surface area (Å²) in [7, 11) is 0. The minimum Gasteiger partial charge on any atom is -0.481 e. The highest BCUT2D eigenvalue weighted by atomic mass is 16.5. The summed E-state index contributed by atoms with van der Waals surface area (Å²) in [6.45, 7) is 4.96. The number of carboxylic acid groups (broad SMARTS) is 1. The van der Waals surface area contributed by atoms with E-state index in [0.717, 1.165) is 70.6 Å². The van der Waals surface area contributed by atoms with Crippen molar-refractivity contribution in [2.24, 2.45) is 5.92 Å². The number of allylic oxidation sites excluding steroid dienone is 3. The number of hydrogen-bond donors (Lipinski definition) is 1. The van der Waals surface area contributed by atoms with Crippen molar-refractivity contribution in [1.82, 2.24) is 0 Å². The van der Waals surface area contributed by atoms with Gasteiger partial charge in [0.25, 0.3) is 6.47 Å². The maximum absolute atomic E-state index is 10.4. The fraction of sp³-hybridized carbons (Fsp3) is 0.700. The molecule has 1 atom stereocenters. The van der Waals surface area contributed by atoms with Crippen molar-refractivity contribution in [3.8, 4) is 0 Å². The lowest BCUT2D eigenvalue weighted by Gasteiger charge is -2.10. The van der Waals surface area contributed by atoms with Gasteiger partial charge in [-0.15, -0.1) is 6.58 Å². The first-order valence-electron chi connectivity index (χ1n) is 9.25. The van der Waals surface area contributed by atoms with Gasteiger partial charge < -0.3 is 9.84 Å². The number of carbonyl (C=O) groups is 2. The van der Waals surface area contributed by atoms with Crippen LogP contribution in [0, 0.1) is 5.92 Å². The van der Waals surface area contributed by atoms with Crippen LogP contribution in [0.4, 0.5) is 0 Å². The van der Waals surface area contributed by atoms with E-state index in [1.165, 1.54) is 0 Å². The molecule has 1 N–H and O–H groups in total. The van der Waals surface area contributed by atoms with Gasteiger partial charge in [0, 0.05) is 6.42 Å². The van der Waals surface area contributed by atoms with E-state index >= 15 is 0 Å². The Balaban J connectivity index is 3.45. The molecule has 0 rings (SSSR count). The van der Waals surface area contributed by atoms with Crippen molar-refractivity contribution in [2.45, 2.75) is 77.0 Å². The third kappa shape index (κ3) is 16.8. The lowest BCUT2D eigenvalue weighted by Crippen LogP contribution is -1.97. The van der Waals surface area contributed by atoms with Crippen molar-refractivity contribution >= 4 is 12.4 Å². The average Bonchev–Trinajstić information content (AvgIpc) is 2.57. The molecule has 0 spiro atoms. The first kappa shape index (κ1) is 22.4. The molecule has 4 heteroatoms. The standard InChI is InChI=1S/C20H34O4/c1-2-19(15-11-9-13-17-24-18-21)14-10-7-5-3-4-6-8-12-16-20(22)23/h2,5,7,18-19H,1,3-4,6,8-17H2,(H,22,23). The third-order valence-corrected chi connectivity index (χ3v) is 4.12. The number of rotatable bonds is 18. The van der Waals surface area contributed by atoms with E-state index in [1.807, 2.05) is 0 Å². The van der Waals surface area contributed by atoms with Crippen molar-refractivity contribution < 1.29 is 19.4 Å². The number of hydrogen-bond acceptors (Lipinski definition) is 3. The van der Waals surface area contributed by atoms with Crippen LogP contribution in [0.25, 0.3) is 0 Å². The summed E-state index contributed by atoms with van der Waals surface area (Å²) in [5, 5.41) is 8.54. The summed E-state index contributed by atoms with van der Waals surface area (Å²) in [6, 6.07) is 0. The largest absolute Gasteiger partial charge is 0.481 e. The molecule has 0 bridgehead atoms. The zero-order valence-corrected chi connectivity index (χ0v) is 15.0. The van der Waals surface area contributed by atoms with Crippen LogP contribution < -0.4 is 0 Å². The minimum atomic E-state index is -0.694. The summed E-state index contributed by atoms with van der Waals surface area (Å²) >= 11 is 0. The van der Waals surface area contributed by atoms with Crippen molar-refractivity contribution in [1.29, 1.82) is 0 Å². The van der Waals surface area contributed by atoms with Gasteiger partial charge in [0.15, 0.2) is 0 Å². The maximum Gasteiger partial charge on any atom is 0.303 e. The molecule has 0 aliphatic rings. The van der Waals surface area contributed by atoms with Gasteiger partial charge in [-0.05, 0) is 50.9 Å². The lowest BCUT2D eigenvalue weighted by atomic mass is 9.96. The molecule has 1 unspecified atom stereocenters. The Labute approximate surface area is 147 Å². The minimum absolute atomic E-state index is 0.295. The molecule has 0 fully saturated rings.